The molecule has 2 aliphatic rings. The van der Waals surface area contributed by atoms with Crippen molar-refractivity contribution in [1.29, 1.82) is 0 Å². The van der Waals surface area contributed by atoms with Crippen LogP contribution < -0.4 is 5.73 Å². The summed E-state index contributed by atoms with van der Waals surface area (Å²) in [6.07, 6.45) is 4.56. The molecule has 2 unspecified atom stereocenters. The van der Waals surface area contributed by atoms with Gasteiger partial charge in [-0.3, -0.25) is 4.79 Å². The van der Waals surface area contributed by atoms with Crippen LogP contribution in [0.25, 0.3) is 0 Å². The molecule has 0 aromatic rings. The maximum absolute atomic E-state index is 11.9. The molecule has 2 rings (SSSR count). The number of ketones is 1. The predicted octanol–water partition coefficient (Wildman–Crippen LogP) is 0.719. The van der Waals surface area contributed by atoms with Gasteiger partial charge < -0.3 is 10.5 Å². The largest absolute Gasteiger partial charge is 0.379 e. The van der Waals surface area contributed by atoms with Crippen molar-refractivity contribution in [3.63, 3.8) is 0 Å². The van der Waals surface area contributed by atoms with E-state index < -0.39 is 0 Å². The lowest BCUT2D eigenvalue weighted by Gasteiger charge is -2.16. The molecule has 13 heavy (non-hydrogen) atoms. The topological polar surface area (TPSA) is 52.3 Å². The summed E-state index contributed by atoms with van der Waals surface area (Å²) in [4.78, 5) is 11.9. The summed E-state index contributed by atoms with van der Waals surface area (Å²) in [5.74, 6) is 0.642. The Morgan fingerprint density at radius 3 is 2.46 bits per heavy atom. The summed E-state index contributed by atoms with van der Waals surface area (Å²) in [7, 11) is 0. The third-order valence-electron chi connectivity index (χ3n) is 3.25. The summed E-state index contributed by atoms with van der Waals surface area (Å²) in [5.41, 5.74) is 5.80. The smallest absolute Gasteiger partial charge is 0.142 e. The zero-order chi connectivity index (χ0) is 9.26. The number of carbonyl (C=O) groups excluding carboxylic acids is 1. The van der Waals surface area contributed by atoms with Crippen molar-refractivity contribution in [3.05, 3.63) is 0 Å². The molecule has 1 aliphatic carbocycles. The van der Waals surface area contributed by atoms with Gasteiger partial charge in [0.15, 0.2) is 0 Å². The van der Waals surface area contributed by atoms with Crippen LogP contribution in [0.1, 0.15) is 25.7 Å². The maximum Gasteiger partial charge on any atom is 0.142 e. The Balaban J connectivity index is 1.95. The van der Waals surface area contributed by atoms with Crippen LogP contribution in [0.4, 0.5) is 0 Å². The Morgan fingerprint density at radius 1 is 1.23 bits per heavy atom. The third-order valence-corrected chi connectivity index (χ3v) is 3.25. The van der Waals surface area contributed by atoms with E-state index >= 15 is 0 Å². The van der Waals surface area contributed by atoms with E-state index in [1.165, 1.54) is 12.8 Å². The second-order valence-corrected chi connectivity index (χ2v) is 4.19. The molecule has 0 aromatic carbocycles. The Kier molecular flexibility index (Phi) is 2.65. The maximum atomic E-state index is 11.9. The first-order valence-corrected chi connectivity index (χ1v) is 5.16. The molecule has 3 heteroatoms. The van der Waals surface area contributed by atoms with Crippen LogP contribution in [0, 0.1) is 11.8 Å². The molecule has 1 saturated heterocycles. The standard InChI is InChI=1S/C10H17NO2/c11-9-6-13-5-8(9)10(12)7-3-1-2-4-7/h7-9H,1-6,11H2. The molecular formula is C10H17NO2. The van der Waals surface area contributed by atoms with Gasteiger partial charge in [-0.2, -0.15) is 0 Å². The van der Waals surface area contributed by atoms with Crippen molar-refractivity contribution in [2.24, 2.45) is 17.6 Å². The molecule has 0 aromatic heterocycles. The van der Waals surface area contributed by atoms with Crippen molar-refractivity contribution in [3.8, 4) is 0 Å². The number of rotatable bonds is 2. The van der Waals surface area contributed by atoms with Gasteiger partial charge in [-0.1, -0.05) is 12.8 Å². The number of hydrogen-bond acceptors (Lipinski definition) is 3. The Morgan fingerprint density at radius 2 is 1.92 bits per heavy atom. The molecule has 2 N–H and O–H groups in total. The molecule has 0 spiro atoms. The number of Topliss-reactive ketones (excluding diaryl/α,β-unsaturated/α-hetero) is 1. The lowest BCUT2D eigenvalue weighted by atomic mass is 9.89. The number of hydrogen-bond donors (Lipinski definition) is 1. The van der Waals surface area contributed by atoms with Gasteiger partial charge in [0.25, 0.3) is 0 Å². The molecule has 3 nitrogen and oxygen atoms in total. The van der Waals surface area contributed by atoms with E-state index in [0.29, 0.717) is 19.0 Å². The number of ether oxygens (including phenoxy) is 1. The van der Waals surface area contributed by atoms with Crippen molar-refractivity contribution in [2.75, 3.05) is 13.2 Å². The lowest BCUT2D eigenvalue weighted by molar-refractivity contribution is -0.126. The van der Waals surface area contributed by atoms with Crippen LogP contribution in [-0.4, -0.2) is 25.0 Å². The highest BCUT2D eigenvalue weighted by molar-refractivity contribution is 5.84. The van der Waals surface area contributed by atoms with Crippen molar-refractivity contribution in [2.45, 2.75) is 31.7 Å². The van der Waals surface area contributed by atoms with E-state index in [4.69, 9.17) is 10.5 Å². The molecule has 1 aliphatic heterocycles. The summed E-state index contributed by atoms with van der Waals surface area (Å²) in [6, 6.07) is -0.0481. The molecule has 0 amide bonds. The van der Waals surface area contributed by atoms with Gasteiger partial charge in [-0.05, 0) is 12.8 Å². The molecular weight excluding hydrogens is 166 g/mol. The van der Waals surface area contributed by atoms with E-state index in [1.54, 1.807) is 0 Å². The number of nitrogens with two attached hydrogens (primary N) is 1. The Bertz CT molecular complexity index is 199. The van der Waals surface area contributed by atoms with Crippen LogP contribution in [0.2, 0.25) is 0 Å². The highest BCUT2D eigenvalue weighted by atomic mass is 16.5. The zero-order valence-electron chi connectivity index (χ0n) is 7.87. The molecule has 74 valence electrons. The molecule has 2 fully saturated rings. The van der Waals surface area contributed by atoms with E-state index in [1.807, 2.05) is 0 Å². The third kappa shape index (κ3) is 1.76. The van der Waals surface area contributed by atoms with Crippen LogP contribution in [-0.2, 0) is 9.53 Å². The summed E-state index contributed by atoms with van der Waals surface area (Å²) in [5, 5.41) is 0. The first-order chi connectivity index (χ1) is 6.29. The monoisotopic (exact) mass is 183 g/mol. The van der Waals surface area contributed by atoms with Crippen LogP contribution in [0.5, 0.6) is 0 Å². The Labute approximate surface area is 78.6 Å². The summed E-state index contributed by atoms with van der Waals surface area (Å²) < 4.78 is 5.20. The first-order valence-electron chi connectivity index (χ1n) is 5.16. The zero-order valence-corrected chi connectivity index (χ0v) is 7.87. The van der Waals surface area contributed by atoms with E-state index in [0.717, 1.165) is 12.8 Å². The van der Waals surface area contributed by atoms with Crippen molar-refractivity contribution >= 4 is 5.78 Å². The minimum Gasteiger partial charge on any atom is -0.379 e. The van der Waals surface area contributed by atoms with Crippen LogP contribution in [0.3, 0.4) is 0 Å². The predicted molar refractivity (Wildman–Crippen MR) is 49.2 cm³/mol. The van der Waals surface area contributed by atoms with Gasteiger partial charge in [0, 0.05) is 12.0 Å². The number of carbonyl (C=O) groups is 1. The second-order valence-electron chi connectivity index (χ2n) is 4.19. The Hall–Kier alpha value is -0.410. The highest BCUT2D eigenvalue weighted by Crippen LogP contribution is 2.29. The quantitative estimate of drug-likeness (QED) is 0.686. The van der Waals surface area contributed by atoms with E-state index in [9.17, 15) is 4.79 Å². The highest BCUT2D eigenvalue weighted by Gasteiger charge is 2.36. The fourth-order valence-corrected chi connectivity index (χ4v) is 2.38. The lowest BCUT2D eigenvalue weighted by Crippen LogP contribution is -2.36. The summed E-state index contributed by atoms with van der Waals surface area (Å²) in [6.45, 7) is 1.11. The molecule has 0 bridgehead atoms. The molecule has 1 saturated carbocycles. The van der Waals surface area contributed by atoms with Crippen molar-refractivity contribution in [1.82, 2.24) is 0 Å². The van der Waals surface area contributed by atoms with Gasteiger partial charge in [0.05, 0.1) is 19.1 Å². The van der Waals surface area contributed by atoms with E-state index in [2.05, 4.69) is 0 Å². The van der Waals surface area contributed by atoms with E-state index in [-0.39, 0.29) is 17.9 Å². The summed E-state index contributed by atoms with van der Waals surface area (Å²) >= 11 is 0. The minimum atomic E-state index is -0.0481. The molecule has 0 radical (unpaired) electrons. The fourth-order valence-electron chi connectivity index (χ4n) is 2.38. The van der Waals surface area contributed by atoms with Gasteiger partial charge in [0.2, 0.25) is 0 Å². The molecule has 2 atom stereocenters. The van der Waals surface area contributed by atoms with Gasteiger partial charge in [-0.25, -0.2) is 0 Å². The normalized spacial score (nSPS) is 35.5. The average molecular weight is 183 g/mol. The second kappa shape index (κ2) is 3.76. The van der Waals surface area contributed by atoms with Crippen LogP contribution in [0.15, 0.2) is 0 Å². The first kappa shape index (κ1) is 9.16. The van der Waals surface area contributed by atoms with Gasteiger partial charge in [-0.15, -0.1) is 0 Å². The fraction of sp³-hybridized carbons (Fsp3) is 0.900. The average Bonchev–Trinajstić information content (AvgIpc) is 2.72. The minimum absolute atomic E-state index is 0.0110. The van der Waals surface area contributed by atoms with Gasteiger partial charge in [0.1, 0.15) is 5.78 Å². The van der Waals surface area contributed by atoms with Crippen LogP contribution >= 0.6 is 0 Å². The SMILES string of the molecule is NC1COCC1C(=O)C1CCCC1. The van der Waals surface area contributed by atoms with Crippen molar-refractivity contribution < 1.29 is 9.53 Å². The molecule has 1 heterocycles. The van der Waals surface area contributed by atoms with Gasteiger partial charge >= 0.3 is 0 Å².